The molecule has 5 nitrogen and oxygen atoms in total. The van der Waals surface area contributed by atoms with E-state index in [0.29, 0.717) is 0 Å². The van der Waals surface area contributed by atoms with Crippen molar-refractivity contribution in [3.8, 4) is 0 Å². The van der Waals surface area contributed by atoms with Crippen LogP contribution < -0.4 is 5.56 Å². The van der Waals surface area contributed by atoms with Crippen molar-refractivity contribution in [1.82, 2.24) is 9.97 Å². The molecule has 2 N–H and O–H groups in total. The van der Waals surface area contributed by atoms with Gasteiger partial charge in [-0.15, -0.1) is 0 Å². The molecule has 0 atom stereocenters. The molecule has 0 radical (unpaired) electrons. The summed E-state index contributed by atoms with van der Waals surface area (Å²) < 4.78 is 13.7. The number of halogens is 2. The molecule has 0 saturated carbocycles. The van der Waals surface area contributed by atoms with Gasteiger partial charge >= 0.3 is 5.97 Å². The quantitative estimate of drug-likeness (QED) is 0.761. The molecule has 0 saturated heterocycles. The van der Waals surface area contributed by atoms with E-state index in [1.165, 1.54) is 36.4 Å². The highest BCUT2D eigenvalue weighted by Crippen LogP contribution is 2.21. The first-order chi connectivity index (χ1) is 11.5. The van der Waals surface area contributed by atoms with Crippen molar-refractivity contribution >= 4 is 39.6 Å². The van der Waals surface area contributed by atoms with Crippen LogP contribution in [0.3, 0.4) is 0 Å². The molecule has 0 aliphatic rings. The topological polar surface area (TPSA) is 83.0 Å². The first-order valence-corrected chi connectivity index (χ1v) is 7.23. The van der Waals surface area contributed by atoms with Crippen molar-refractivity contribution in [3.05, 3.63) is 75.6 Å². The maximum Gasteiger partial charge on any atom is 0.335 e. The van der Waals surface area contributed by atoms with Crippen molar-refractivity contribution in [3.63, 3.8) is 0 Å². The molecule has 2 aromatic carbocycles. The van der Waals surface area contributed by atoms with Crippen LogP contribution in [0, 0.1) is 5.82 Å². The summed E-state index contributed by atoms with van der Waals surface area (Å²) >= 11 is 6.13. The summed E-state index contributed by atoms with van der Waals surface area (Å²) in [6.45, 7) is 0. The molecule has 3 rings (SSSR count). The van der Waals surface area contributed by atoms with Crippen LogP contribution in [0.4, 0.5) is 4.39 Å². The standard InChI is InChI=1S/C17H10ClFN2O3/c18-12(7-9-3-1-2-4-13(9)19)15-20-14-8-10(17(23)24)5-6-11(14)16(22)21-15/h1-8H,(H,23,24)(H,20,21,22)/b12-7-. The number of carboxylic acids is 1. The lowest BCUT2D eigenvalue weighted by molar-refractivity contribution is 0.0697. The number of hydrogen-bond donors (Lipinski definition) is 2. The molecule has 0 spiro atoms. The predicted molar refractivity (Wildman–Crippen MR) is 89.4 cm³/mol. The third-order valence-electron chi connectivity index (χ3n) is 3.37. The van der Waals surface area contributed by atoms with E-state index in [4.69, 9.17) is 16.7 Å². The van der Waals surface area contributed by atoms with Crippen molar-refractivity contribution < 1.29 is 14.3 Å². The number of hydrogen-bond acceptors (Lipinski definition) is 3. The van der Waals surface area contributed by atoms with Crippen molar-refractivity contribution in [2.75, 3.05) is 0 Å². The van der Waals surface area contributed by atoms with E-state index in [1.54, 1.807) is 12.1 Å². The first-order valence-electron chi connectivity index (χ1n) is 6.85. The van der Waals surface area contributed by atoms with Gasteiger partial charge in [-0.2, -0.15) is 0 Å². The van der Waals surface area contributed by atoms with Gasteiger partial charge in [0.2, 0.25) is 0 Å². The summed E-state index contributed by atoms with van der Waals surface area (Å²) in [5.41, 5.74) is -0.0361. The molecule has 0 amide bonds. The van der Waals surface area contributed by atoms with Gasteiger partial charge in [-0.3, -0.25) is 4.79 Å². The van der Waals surface area contributed by atoms with Crippen LogP contribution in [0.1, 0.15) is 21.7 Å². The van der Waals surface area contributed by atoms with Gasteiger partial charge < -0.3 is 10.1 Å². The Morgan fingerprint density at radius 2 is 2.00 bits per heavy atom. The Labute approximate surface area is 140 Å². The fourth-order valence-electron chi connectivity index (χ4n) is 2.18. The summed E-state index contributed by atoms with van der Waals surface area (Å²) in [5.74, 6) is -1.57. The summed E-state index contributed by atoms with van der Waals surface area (Å²) in [6, 6.07) is 9.98. The molecule has 3 aromatic rings. The van der Waals surface area contributed by atoms with E-state index < -0.39 is 17.3 Å². The van der Waals surface area contributed by atoms with Gasteiger partial charge in [-0.1, -0.05) is 29.8 Å². The number of carboxylic acid groups (broad SMARTS) is 1. The second-order valence-corrected chi connectivity index (χ2v) is 5.37. The molecule has 0 unspecified atom stereocenters. The molecule has 1 aromatic heterocycles. The van der Waals surface area contributed by atoms with Gasteiger partial charge in [-0.25, -0.2) is 14.2 Å². The minimum absolute atomic E-state index is 0.000700. The summed E-state index contributed by atoms with van der Waals surface area (Å²) in [4.78, 5) is 29.8. The number of benzene rings is 2. The van der Waals surface area contributed by atoms with Gasteiger partial charge in [0.15, 0.2) is 5.82 Å². The molecular weight excluding hydrogens is 335 g/mol. The molecule has 7 heteroatoms. The van der Waals surface area contributed by atoms with Crippen LogP contribution in [0.15, 0.2) is 47.3 Å². The number of H-pyrrole nitrogens is 1. The average molecular weight is 345 g/mol. The lowest BCUT2D eigenvalue weighted by Gasteiger charge is -2.04. The minimum Gasteiger partial charge on any atom is -0.478 e. The Balaban J connectivity index is 2.14. The largest absolute Gasteiger partial charge is 0.478 e. The van der Waals surface area contributed by atoms with Crippen LogP contribution in [0.5, 0.6) is 0 Å². The lowest BCUT2D eigenvalue weighted by Crippen LogP contribution is -2.11. The number of nitrogens with one attached hydrogen (secondary N) is 1. The molecule has 0 fully saturated rings. The summed E-state index contributed by atoms with van der Waals surface area (Å²) in [6.07, 6.45) is 1.34. The Hall–Kier alpha value is -2.99. The fourth-order valence-corrected chi connectivity index (χ4v) is 2.39. The monoisotopic (exact) mass is 344 g/mol. The number of aromatic nitrogens is 2. The van der Waals surface area contributed by atoms with Crippen LogP contribution in [0.2, 0.25) is 0 Å². The first kappa shape index (κ1) is 15.9. The van der Waals surface area contributed by atoms with E-state index >= 15 is 0 Å². The van der Waals surface area contributed by atoms with E-state index in [9.17, 15) is 14.0 Å². The van der Waals surface area contributed by atoms with E-state index in [0.717, 1.165) is 0 Å². The molecular formula is C17H10ClFN2O3. The Kier molecular flexibility index (Phi) is 4.14. The minimum atomic E-state index is -1.13. The second kappa shape index (κ2) is 6.25. The number of aromatic carboxylic acids is 1. The maximum absolute atomic E-state index is 13.7. The van der Waals surface area contributed by atoms with Gasteiger partial charge in [-0.05, 0) is 30.3 Å². The van der Waals surface area contributed by atoms with E-state index in [2.05, 4.69) is 9.97 Å². The average Bonchev–Trinajstić information content (AvgIpc) is 2.56. The van der Waals surface area contributed by atoms with Crippen LogP contribution in [-0.2, 0) is 0 Å². The number of fused-ring (bicyclic) bond motifs is 1. The fraction of sp³-hybridized carbons (Fsp3) is 0. The van der Waals surface area contributed by atoms with Gasteiger partial charge in [0.05, 0.1) is 21.5 Å². The summed E-state index contributed by atoms with van der Waals surface area (Å²) in [7, 11) is 0. The Bertz CT molecular complexity index is 1040. The van der Waals surface area contributed by atoms with Crippen molar-refractivity contribution in [2.24, 2.45) is 0 Å². The molecule has 0 aliphatic heterocycles. The van der Waals surface area contributed by atoms with E-state index in [1.807, 2.05) is 0 Å². The van der Waals surface area contributed by atoms with Gasteiger partial charge in [0.1, 0.15) is 5.82 Å². The number of aromatic amines is 1. The van der Waals surface area contributed by atoms with Crippen molar-refractivity contribution in [1.29, 1.82) is 0 Å². The predicted octanol–water partition coefficient (Wildman–Crippen LogP) is 3.50. The second-order valence-electron chi connectivity index (χ2n) is 4.97. The van der Waals surface area contributed by atoms with Crippen molar-refractivity contribution in [2.45, 2.75) is 0 Å². The number of rotatable bonds is 3. The highest BCUT2D eigenvalue weighted by Gasteiger charge is 2.10. The smallest absolute Gasteiger partial charge is 0.335 e. The highest BCUT2D eigenvalue weighted by atomic mass is 35.5. The third kappa shape index (κ3) is 3.04. The Morgan fingerprint density at radius 3 is 2.71 bits per heavy atom. The maximum atomic E-state index is 13.7. The molecule has 24 heavy (non-hydrogen) atoms. The molecule has 0 bridgehead atoms. The Morgan fingerprint density at radius 1 is 1.25 bits per heavy atom. The number of nitrogens with zero attached hydrogens (tertiary/aromatic N) is 1. The zero-order valence-electron chi connectivity index (χ0n) is 12.1. The van der Waals surface area contributed by atoms with Gasteiger partial charge in [0.25, 0.3) is 5.56 Å². The third-order valence-corrected chi connectivity index (χ3v) is 3.66. The SMILES string of the molecule is O=C(O)c1ccc2c(=O)[nH]c(/C(Cl)=C/c3ccccc3F)nc2c1. The molecule has 1 heterocycles. The summed E-state index contributed by atoms with van der Waals surface area (Å²) in [5, 5.41) is 9.29. The zero-order chi connectivity index (χ0) is 17.3. The van der Waals surface area contributed by atoms with Crippen LogP contribution >= 0.6 is 11.6 Å². The highest BCUT2D eigenvalue weighted by molar-refractivity contribution is 6.50. The molecule has 0 aliphatic carbocycles. The number of carbonyl (C=O) groups is 1. The molecule has 120 valence electrons. The van der Waals surface area contributed by atoms with E-state index in [-0.39, 0.29) is 32.9 Å². The van der Waals surface area contributed by atoms with Crippen LogP contribution in [0.25, 0.3) is 22.0 Å². The van der Waals surface area contributed by atoms with Crippen LogP contribution in [-0.4, -0.2) is 21.0 Å². The zero-order valence-corrected chi connectivity index (χ0v) is 12.8. The normalized spacial score (nSPS) is 11.7. The van der Waals surface area contributed by atoms with Gasteiger partial charge in [0, 0.05) is 5.56 Å². The lowest BCUT2D eigenvalue weighted by atomic mass is 10.1.